The van der Waals surface area contributed by atoms with E-state index in [9.17, 15) is 4.79 Å². The van der Waals surface area contributed by atoms with Crippen molar-refractivity contribution in [3.8, 4) is 0 Å². The van der Waals surface area contributed by atoms with E-state index in [-0.39, 0.29) is 11.5 Å². The van der Waals surface area contributed by atoms with Crippen molar-refractivity contribution >= 4 is 11.7 Å². The lowest BCUT2D eigenvalue weighted by Gasteiger charge is -2.40. The van der Waals surface area contributed by atoms with Gasteiger partial charge in [-0.1, -0.05) is 23.8 Å². The van der Waals surface area contributed by atoms with Crippen LogP contribution in [0.5, 0.6) is 0 Å². The molecule has 4 rings (SSSR count). The first-order valence-electron chi connectivity index (χ1n) is 10.0. The third kappa shape index (κ3) is 4.02. The van der Waals surface area contributed by atoms with Crippen molar-refractivity contribution in [3.63, 3.8) is 0 Å². The first-order chi connectivity index (χ1) is 13.5. The average molecular weight is 380 g/mol. The summed E-state index contributed by atoms with van der Waals surface area (Å²) in [6.45, 7) is 7.79. The Bertz CT molecular complexity index is 832. The zero-order valence-electron chi connectivity index (χ0n) is 16.7. The number of aryl methyl sites for hydroxylation is 2. The van der Waals surface area contributed by atoms with E-state index in [0.717, 1.165) is 31.7 Å². The number of hydrogen-bond donors (Lipinski definition) is 0. The molecule has 1 aromatic carbocycles. The number of ether oxygens (including phenoxy) is 1. The first-order valence-corrected chi connectivity index (χ1v) is 10.0. The lowest BCUT2D eigenvalue weighted by molar-refractivity contribution is -0.134. The molecule has 1 spiro atoms. The van der Waals surface area contributed by atoms with Crippen LogP contribution in [0.3, 0.4) is 0 Å². The third-order valence-electron chi connectivity index (χ3n) is 6.01. The fourth-order valence-electron chi connectivity index (χ4n) is 4.20. The number of carbonyl (C=O) groups excluding carboxylic acids is 1. The van der Waals surface area contributed by atoms with Crippen molar-refractivity contribution < 1.29 is 9.53 Å². The van der Waals surface area contributed by atoms with Gasteiger partial charge >= 0.3 is 0 Å². The molecule has 0 N–H and O–H groups in total. The number of nitrogens with zero attached hydrogens (tertiary/aromatic N) is 4. The van der Waals surface area contributed by atoms with Crippen LogP contribution in [0.4, 0.5) is 5.82 Å². The Labute approximate surface area is 166 Å². The van der Waals surface area contributed by atoms with Crippen LogP contribution in [0.2, 0.25) is 0 Å². The van der Waals surface area contributed by atoms with Crippen LogP contribution >= 0.6 is 0 Å². The van der Waals surface area contributed by atoms with Crippen LogP contribution < -0.4 is 4.90 Å². The summed E-state index contributed by atoms with van der Waals surface area (Å²) in [5.74, 6) is 1.10. The van der Waals surface area contributed by atoms with Crippen molar-refractivity contribution in [2.45, 2.75) is 45.3 Å². The summed E-state index contributed by atoms with van der Waals surface area (Å²) in [7, 11) is 0. The molecule has 2 aliphatic heterocycles. The molecule has 2 saturated heterocycles. The Morgan fingerprint density at radius 2 is 1.96 bits per heavy atom. The molecule has 1 aromatic heterocycles. The molecule has 0 unspecified atom stereocenters. The van der Waals surface area contributed by atoms with E-state index in [2.05, 4.69) is 46.9 Å². The number of carbonyl (C=O) groups is 1. The lowest BCUT2D eigenvalue weighted by Crippen LogP contribution is -2.47. The van der Waals surface area contributed by atoms with Crippen LogP contribution in [-0.2, 0) is 16.1 Å². The predicted octanol–water partition coefficient (Wildman–Crippen LogP) is 2.88. The third-order valence-corrected chi connectivity index (χ3v) is 6.01. The summed E-state index contributed by atoms with van der Waals surface area (Å²) in [4.78, 5) is 25.8. The van der Waals surface area contributed by atoms with Gasteiger partial charge in [0.15, 0.2) is 0 Å². The van der Waals surface area contributed by atoms with E-state index in [1.807, 2.05) is 4.90 Å². The second kappa shape index (κ2) is 7.87. The highest BCUT2D eigenvalue weighted by atomic mass is 16.5. The molecule has 2 aliphatic rings. The molecular formula is C22H28N4O2. The summed E-state index contributed by atoms with van der Waals surface area (Å²) in [5.41, 5.74) is 3.34. The van der Waals surface area contributed by atoms with Crippen molar-refractivity contribution in [1.82, 2.24) is 14.9 Å². The minimum atomic E-state index is -0.341. The van der Waals surface area contributed by atoms with Gasteiger partial charge in [0.2, 0.25) is 5.91 Å². The summed E-state index contributed by atoms with van der Waals surface area (Å²) >= 11 is 0. The van der Waals surface area contributed by atoms with Gasteiger partial charge in [0, 0.05) is 38.6 Å². The molecule has 0 bridgehead atoms. The van der Waals surface area contributed by atoms with E-state index in [1.165, 1.54) is 16.7 Å². The molecule has 6 heteroatoms. The number of anilines is 1. The van der Waals surface area contributed by atoms with E-state index >= 15 is 0 Å². The Morgan fingerprint density at radius 1 is 1.14 bits per heavy atom. The van der Waals surface area contributed by atoms with Crippen molar-refractivity contribution in [2.75, 3.05) is 31.1 Å². The molecule has 6 nitrogen and oxygen atoms in total. The van der Waals surface area contributed by atoms with Gasteiger partial charge < -0.3 is 14.5 Å². The molecule has 0 saturated carbocycles. The molecule has 1 amide bonds. The summed E-state index contributed by atoms with van der Waals surface area (Å²) in [6.07, 6.45) is 7.34. The molecule has 0 aliphatic carbocycles. The fourth-order valence-corrected chi connectivity index (χ4v) is 4.20. The van der Waals surface area contributed by atoms with Gasteiger partial charge in [-0.2, -0.15) is 0 Å². The van der Waals surface area contributed by atoms with Gasteiger partial charge in [-0.15, -0.1) is 0 Å². The van der Waals surface area contributed by atoms with Gasteiger partial charge in [-0.25, -0.2) is 4.98 Å². The van der Waals surface area contributed by atoms with Gasteiger partial charge in [-0.05, 0) is 37.8 Å². The number of amides is 1. The SMILES string of the molecule is Cc1ccc(C)c(CN2CCOC3(CCN(c4cnccn4)CC3)CC2=O)c1. The van der Waals surface area contributed by atoms with Gasteiger partial charge in [0.25, 0.3) is 0 Å². The highest BCUT2D eigenvalue weighted by Crippen LogP contribution is 2.34. The van der Waals surface area contributed by atoms with Crippen LogP contribution in [0, 0.1) is 13.8 Å². The second-order valence-corrected chi connectivity index (χ2v) is 8.00. The molecule has 0 radical (unpaired) electrons. The number of aromatic nitrogens is 2. The second-order valence-electron chi connectivity index (χ2n) is 8.00. The largest absolute Gasteiger partial charge is 0.372 e. The lowest BCUT2D eigenvalue weighted by atomic mass is 9.87. The van der Waals surface area contributed by atoms with Crippen LogP contribution in [-0.4, -0.2) is 52.6 Å². The highest BCUT2D eigenvalue weighted by molar-refractivity contribution is 5.77. The van der Waals surface area contributed by atoms with Crippen LogP contribution in [0.1, 0.15) is 36.0 Å². The normalized spacial score (nSPS) is 19.7. The van der Waals surface area contributed by atoms with E-state index in [4.69, 9.17) is 4.74 Å². The highest BCUT2D eigenvalue weighted by Gasteiger charge is 2.40. The summed E-state index contributed by atoms with van der Waals surface area (Å²) in [6, 6.07) is 6.43. The Kier molecular flexibility index (Phi) is 5.31. The van der Waals surface area contributed by atoms with Gasteiger partial charge in [-0.3, -0.25) is 9.78 Å². The minimum absolute atomic E-state index is 0.200. The van der Waals surface area contributed by atoms with E-state index < -0.39 is 0 Å². The molecular weight excluding hydrogens is 352 g/mol. The summed E-state index contributed by atoms with van der Waals surface area (Å²) < 4.78 is 6.28. The van der Waals surface area contributed by atoms with E-state index in [1.54, 1.807) is 18.6 Å². The first kappa shape index (κ1) is 18.9. The molecule has 28 heavy (non-hydrogen) atoms. The smallest absolute Gasteiger partial charge is 0.225 e. The van der Waals surface area contributed by atoms with Crippen molar-refractivity contribution in [1.29, 1.82) is 0 Å². The van der Waals surface area contributed by atoms with Crippen LogP contribution in [0.25, 0.3) is 0 Å². The Hall–Kier alpha value is -2.47. The molecule has 0 atom stereocenters. The number of benzene rings is 1. The number of hydrogen-bond acceptors (Lipinski definition) is 5. The Balaban J connectivity index is 1.41. The maximum absolute atomic E-state index is 13.0. The Morgan fingerprint density at radius 3 is 2.71 bits per heavy atom. The van der Waals surface area contributed by atoms with Crippen molar-refractivity contribution in [3.05, 3.63) is 53.5 Å². The zero-order chi connectivity index (χ0) is 19.6. The van der Waals surface area contributed by atoms with Crippen molar-refractivity contribution in [2.24, 2.45) is 0 Å². The summed E-state index contributed by atoms with van der Waals surface area (Å²) in [5, 5.41) is 0. The van der Waals surface area contributed by atoms with Gasteiger partial charge in [0.1, 0.15) is 5.82 Å². The monoisotopic (exact) mass is 380 g/mol. The molecule has 2 fully saturated rings. The quantitative estimate of drug-likeness (QED) is 0.819. The maximum Gasteiger partial charge on any atom is 0.225 e. The number of rotatable bonds is 3. The predicted molar refractivity (Wildman–Crippen MR) is 108 cm³/mol. The topological polar surface area (TPSA) is 58.6 Å². The minimum Gasteiger partial charge on any atom is -0.372 e. The molecule has 148 valence electrons. The van der Waals surface area contributed by atoms with Crippen LogP contribution in [0.15, 0.2) is 36.8 Å². The maximum atomic E-state index is 13.0. The number of piperidine rings is 1. The van der Waals surface area contributed by atoms with E-state index in [0.29, 0.717) is 26.1 Å². The average Bonchev–Trinajstić information content (AvgIpc) is 2.85. The van der Waals surface area contributed by atoms with Gasteiger partial charge in [0.05, 0.1) is 24.8 Å². The zero-order valence-corrected chi connectivity index (χ0v) is 16.7. The fraction of sp³-hybridized carbons (Fsp3) is 0.500. The molecule has 3 heterocycles. The standard InChI is InChI=1S/C22H28N4O2/c1-17-3-4-18(2)19(13-17)16-26-11-12-28-22(14-21(26)27)5-9-25(10-6-22)20-15-23-7-8-24-20/h3-4,7-8,13,15H,5-6,9-12,14,16H2,1-2H3. The molecule has 2 aromatic rings.